The summed E-state index contributed by atoms with van der Waals surface area (Å²) in [6.07, 6.45) is 0. The molecule has 1 N–H and O–H groups in total. The van der Waals surface area contributed by atoms with Gasteiger partial charge in [-0.15, -0.1) is 11.3 Å². The van der Waals surface area contributed by atoms with Crippen molar-refractivity contribution < 1.29 is 4.39 Å². The second kappa shape index (κ2) is 5.51. The predicted molar refractivity (Wildman–Crippen MR) is 78.8 cm³/mol. The number of thiophene rings is 1. The minimum atomic E-state index is -0.192. The maximum atomic E-state index is 13.4. The van der Waals surface area contributed by atoms with Gasteiger partial charge < -0.3 is 5.32 Å². The minimum Gasteiger partial charge on any atom is -0.309 e. The third-order valence-corrected chi connectivity index (χ3v) is 4.65. The molecule has 0 radical (unpaired) electrons. The van der Waals surface area contributed by atoms with Gasteiger partial charge in [0.1, 0.15) is 5.82 Å². The zero-order valence-corrected chi connectivity index (χ0v) is 13.0. The highest BCUT2D eigenvalue weighted by molar-refractivity contribution is 9.11. The predicted octanol–water partition coefficient (Wildman–Crippen LogP) is 4.58. The zero-order valence-electron chi connectivity index (χ0n) is 10.6. The fourth-order valence-corrected chi connectivity index (χ4v) is 3.89. The first-order valence-corrected chi connectivity index (χ1v) is 7.33. The fourth-order valence-electron chi connectivity index (χ4n) is 2.15. The topological polar surface area (TPSA) is 12.0 Å². The summed E-state index contributed by atoms with van der Waals surface area (Å²) in [7, 11) is 1.90. The van der Waals surface area contributed by atoms with Crippen LogP contribution in [0.15, 0.2) is 28.1 Å². The zero-order chi connectivity index (χ0) is 13.3. The lowest BCUT2D eigenvalue weighted by atomic mass is 9.95. The van der Waals surface area contributed by atoms with E-state index in [0.29, 0.717) is 0 Å². The van der Waals surface area contributed by atoms with Crippen molar-refractivity contribution in [1.82, 2.24) is 5.32 Å². The van der Waals surface area contributed by atoms with E-state index in [0.717, 1.165) is 14.9 Å². The number of aryl methyl sites for hydroxylation is 2. The van der Waals surface area contributed by atoms with E-state index in [-0.39, 0.29) is 11.9 Å². The lowest BCUT2D eigenvalue weighted by molar-refractivity contribution is 0.615. The maximum Gasteiger partial charge on any atom is 0.123 e. The molecule has 0 amide bonds. The van der Waals surface area contributed by atoms with Crippen molar-refractivity contribution in [2.24, 2.45) is 0 Å². The van der Waals surface area contributed by atoms with E-state index in [9.17, 15) is 4.39 Å². The Morgan fingerprint density at radius 2 is 1.94 bits per heavy atom. The van der Waals surface area contributed by atoms with E-state index < -0.39 is 0 Å². The average Bonchev–Trinajstić information content (AvgIpc) is 2.64. The normalized spacial score (nSPS) is 12.7. The quantitative estimate of drug-likeness (QED) is 0.870. The molecule has 0 spiro atoms. The van der Waals surface area contributed by atoms with Gasteiger partial charge in [0.15, 0.2) is 0 Å². The van der Waals surface area contributed by atoms with Crippen LogP contribution in [0.1, 0.15) is 27.6 Å². The van der Waals surface area contributed by atoms with Crippen LogP contribution in [0.25, 0.3) is 0 Å². The molecule has 1 atom stereocenters. The van der Waals surface area contributed by atoms with E-state index >= 15 is 0 Å². The molecule has 0 bridgehead atoms. The first-order chi connectivity index (χ1) is 8.52. The van der Waals surface area contributed by atoms with Crippen LogP contribution >= 0.6 is 27.3 Å². The molecular formula is C14H15BrFNS. The SMILES string of the molecule is CNC(c1cc(F)ccc1C)c1cc(Br)sc1C. The highest BCUT2D eigenvalue weighted by atomic mass is 79.9. The molecule has 96 valence electrons. The van der Waals surface area contributed by atoms with Crippen molar-refractivity contribution >= 4 is 27.3 Å². The molecule has 2 rings (SSSR count). The van der Waals surface area contributed by atoms with Gasteiger partial charge >= 0.3 is 0 Å². The maximum absolute atomic E-state index is 13.4. The standard InChI is InChI=1S/C14H15BrFNS/c1-8-4-5-10(16)6-11(8)14(17-3)12-7-13(15)18-9(12)2/h4-7,14,17H,1-3H3. The van der Waals surface area contributed by atoms with Gasteiger partial charge in [0, 0.05) is 4.88 Å². The Hall–Kier alpha value is -0.710. The van der Waals surface area contributed by atoms with Crippen molar-refractivity contribution in [2.45, 2.75) is 19.9 Å². The minimum absolute atomic E-state index is 0.0308. The van der Waals surface area contributed by atoms with Crippen LogP contribution < -0.4 is 5.32 Å². The van der Waals surface area contributed by atoms with E-state index in [2.05, 4.69) is 34.2 Å². The molecule has 4 heteroatoms. The van der Waals surface area contributed by atoms with Crippen molar-refractivity contribution in [1.29, 1.82) is 0 Å². The molecule has 0 fully saturated rings. The monoisotopic (exact) mass is 327 g/mol. The van der Waals surface area contributed by atoms with Crippen molar-refractivity contribution in [3.8, 4) is 0 Å². The van der Waals surface area contributed by atoms with Gasteiger partial charge in [0.2, 0.25) is 0 Å². The Morgan fingerprint density at radius 3 is 2.50 bits per heavy atom. The van der Waals surface area contributed by atoms with Crippen molar-refractivity contribution in [3.05, 3.63) is 55.4 Å². The Balaban J connectivity index is 2.51. The molecule has 1 heterocycles. The van der Waals surface area contributed by atoms with Gasteiger partial charge in [-0.25, -0.2) is 4.39 Å². The third kappa shape index (κ3) is 2.66. The molecule has 0 saturated heterocycles. The van der Waals surface area contributed by atoms with E-state index in [1.807, 2.05) is 20.0 Å². The lowest BCUT2D eigenvalue weighted by Crippen LogP contribution is -2.19. The molecule has 1 aromatic heterocycles. The van der Waals surface area contributed by atoms with Crippen molar-refractivity contribution in [2.75, 3.05) is 7.05 Å². The van der Waals surface area contributed by atoms with Gasteiger partial charge in [-0.3, -0.25) is 0 Å². The smallest absolute Gasteiger partial charge is 0.123 e. The van der Waals surface area contributed by atoms with Crippen LogP contribution in [-0.4, -0.2) is 7.05 Å². The summed E-state index contributed by atoms with van der Waals surface area (Å²) in [4.78, 5) is 1.24. The second-order valence-electron chi connectivity index (χ2n) is 4.28. The largest absolute Gasteiger partial charge is 0.309 e. The van der Waals surface area contributed by atoms with Gasteiger partial charge in [-0.2, -0.15) is 0 Å². The number of nitrogens with one attached hydrogen (secondary N) is 1. The van der Waals surface area contributed by atoms with Gasteiger partial charge in [-0.05, 0) is 71.7 Å². The van der Waals surface area contributed by atoms with Crippen LogP contribution in [0.2, 0.25) is 0 Å². The number of halogens is 2. The van der Waals surface area contributed by atoms with E-state index in [1.165, 1.54) is 16.5 Å². The van der Waals surface area contributed by atoms with E-state index in [1.54, 1.807) is 17.4 Å². The summed E-state index contributed by atoms with van der Waals surface area (Å²) in [5.41, 5.74) is 3.28. The van der Waals surface area contributed by atoms with Crippen LogP contribution in [0.5, 0.6) is 0 Å². The molecule has 1 unspecified atom stereocenters. The summed E-state index contributed by atoms with van der Waals surface area (Å²) in [6.45, 7) is 4.10. The van der Waals surface area contributed by atoms with E-state index in [4.69, 9.17) is 0 Å². The summed E-state index contributed by atoms with van der Waals surface area (Å²) in [5, 5.41) is 3.28. The molecule has 2 aromatic rings. The highest BCUT2D eigenvalue weighted by Gasteiger charge is 2.18. The number of hydrogen-bond donors (Lipinski definition) is 1. The summed E-state index contributed by atoms with van der Waals surface area (Å²) < 4.78 is 14.5. The van der Waals surface area contributed by atoms with Crippen molar-refractivity contribution in [3.63, 3.8) is 0 Å². The Labute approximate surface area is 119 Å². The van der Waals surface area contributed by atoms with Gasteiger partial charge in [0.05, 0.1) is 9.83 Å². The van der Waals surface area contributed by atoms with Crippen LogP contribution in [0, 0.1) is 19.7 Å². The Bertz CT molecular complexity index is 565. The summed E-state index contributed by atoms with van der Waals surface area (Å²) in [6, 6.07) is 7.07. The van der Waals surface area contributed by atoms with Gasteiger partial charge in [-0.1, -0.05) is 6.07 Å². The molecule has 1 nitrogen and oxygen atoms in total. The Morgan fingerprint density at radius 1 is 1.22 bits per heavy atom. The van der Waals surface area contributed by atoms with Crippen LogP contribution in [-0.2, 0) is 0 Å². The molecule has 0 saturated carbocycles. The number of rotatable bonds is 3. The number of hydrogen-bond acceptors (Lipinski definition) is 2. The summed E-state index contributed by atoms with van der Waals surface area (Å²) >= 11 is 5.20. The Kier molecular flexibility index (Phi) is 4.20. The fraction of sp³-hybridized carbons (Fsp3) is 0.286. The average molecular weight is 328 g/mol. The van der Waals surface area contributed by atoms with Crippen LogP contribution in [0.3, 0.4) is 0 Å². The van der Waals surface area contributed by atoms with Gasteiger partial charge in [0.25, 0.3) is 0 Å². The first kappa shape index (κ1) is 13.7. The molecule has 0 aliphatic rings. The highest BCUT2D eigenvalue weighted by Crippen LogP contribution is 2.34. The molecule has 0 aliphatic heterocycles. The molecule has 18 heavy (non-hydrogen) atoms. The molecular weight excluding hydrogens is 313 g/mol. The first-order valence-electron chi connectivity index (χ1n) is 5.72. The summed E-state index contributed by atoms with van der Waals surface area (Å²) in [5.74, 6) is -0.192. The molecule has 1 aromatic carbocycles. The lowest BCUT2D eigenvalue weighted by Gasteiger charge is -2.19. The van der Waals surface area contributed by atoms with Crippen LogP contribution in [0.4, 0.5) is 4.39 Å². The second-order valence-corrected chi connectivity index (χ2v) is 6.92. The number of benzene rings is 1. The molecule has 0 aliphatic carbocycles. The third-order valence-electron chi connectivity index (χ3n) is 3.08.